The van der Waals surface area contributed by atoms with Gasteiger partial charge in [-0.25, -0.2) is 9.97 Å². The van der Waals surface area contributed by atoms with Gasteiger partial charge in [0.15, 0.2) is 0 Å². The molecule has 0 fully saturated rings. The second-order valence-corrected chi connectivity index (χ2v) is 9.99. The van der Waals surface area contributed by atoms with Crippen molar-refractivity contribution in [1.82, 2.24) is 19.8 Å². The van der Waals surface area contributed by atoms with Gasteiger partial charge >= 0.3 is 0 Å². The van der Waals surface area contributed by atoms with Crippen LogP contribution in [0.15, 0.2) is 47.2 Å². The minimum absolute atomic E-state index is 0.0684. The maximum absolute atomic E-state index is 12.7. The molecule has 2 aromatic heterocycles. The van der Waals surface area contributed by atoms with E-state index in [0.29, 0.717) is 19.1 Å². The van der Waals surface area contributed by atoms with Crippen molar-refractivity contribution >= 4 is 54.9 Å². The number of thiophene rings is 1. The van der Waals surface area contributed by atoms with Gasteiger partial charge in [0.05, 0.1) is 11.9 Å². The molecule has 0 saturated carbocycles. The van der Waals surface area contributed by atoms with E-state index >= 15 is 0 Å². The van der Waals surface area contributed by atoms with Gasteiger partial charge in [-0.15, -0.1) is 11.3 Å². The Morgan fingerprint density at radius 3 is 3.00 bits per heavy atom. The molecule has 0 radical (unpaired) electrons. The molecular weight excluding hydrogens is 474 g/mol. The summed E-state index contributed by atoms with van der Waals surface area (Å²) in [4.78, 5) is 28.0. The Morgan fingerprint density at radius 1 is 1.39 bits per heavy atom. The molecule has 162 valence electrons. The number of likely N-dealkylation sites (N-methyl/N-ethyl adjacent to an activating group) is 1. The maximum Gasteiger partial charge on any atom is 0.246 e. The minimum Gasteiger partial charge on any atom is -0.340 e. The Balaban J connectivity index is 1.53. The van der Waals surface area contributed by atoms with Crippen LogP contribution < -0.4 is 5.32 Å². The number of fused-ring (bicyclic) bond motifs is 3. The van der Waals surface area contributed by atoms with E-state index in [-0.39, 0.29) is 5.91 Å². The van der Waals surface area contributed by atoms with Crippen LogP contribution in [-0.4, -0.2) is 51.9 Å². The highest BCUT2D eigenvalue weighted by molar-refractivity contribution is 9.10. The van der Waals surface area contributed by atoms with Crippen LogP contribution in [-0.2, 0) is 17.8 Å². The maximum atomic E-state index is 12.7. The van der Waals surface area contributed by atoms with Crippen LogP contribution in [0.2, 0.25) is 0 Å². The second kappa shape index (κ2) is 9.46. The molecule has 0 saturated heterocycles. The monoisotopic (exact) mass is 499 g/mol. The lowest BCUT2D eigenvalue weighted by atomic mass is 10.0. The fourth-order valence-corrected chi connectivity index (χ4v) is 5.15. The second-order valence-electron chi connectivity index (χ2n) is 7.99. The first kappa shape index (κ1) is 21.9. The number of amides is 1. The lowest BCUT2D eigenvalue weighted by molar-refractivity contribution is -0.126. The molecule has 1 aliphatic rings. The first-order chi connectivity index (χ1) is 14.9. The fourth-order valence-electron chi connectivity index (χ4n) is 3.55. The van der Waals surface area contributed by atoms with Crippen molar-refractivity contribution in [2.45, 2.75) is 32.9 Å². The summed E-state index contributed by atoms with van der Waals surface area (Å²) in [5.41, 5.74) is 2.23. The van der Waals surface area contributed by atoms with Crippen molar-refractivity contribution in [3.8, 4) is 0 Å². The molecule has 6 nitrogen and oxygen atoms in total. The van der Waals surface area contributed by atoms with E-state index in [9.17, 15) is 4.79 Å². The summed E-state index contributed by atoms with van der Waals surface area (Å²) >= 11 is 5.17. The van der Waals surface area contributed by atoms with Crippen LogP contribution in [0.4, 0.5) is 11.5 Å². The molecule has 1 aromatic carbocycles. The molecule has 31 heavy (non-hydrogen) atoms. The van der Waals surface area contributed by atoms with Crippen LogP contribution in [0.5, 0.6) is 0 Å². The number of carbonyl (C=O) groups excluding carboxylic acids is 1. The topological polar surface area (TPSA) is 61.4 Å². The van der Waals surface area contributed by atoms with E-state index < -0.39 is 0 Å². The van der Waals surface area contributed by atoms with E-state index in [1.807, 2.05) is 35.2 Å². The number of hydrogen-bond acceptors (Lipinski definition) is 6. The zero-order chi connectivity index (χ0) is 22.0. The number of rotatable bonds is 6. The van der Waals surface area contributed by atoms with E-state index in [1.54, 1.807) is 23.7 Å². The van der Waals surface area contributed by atoms with Crippen molar-refractivity contribution in [2.75, 3.05) is 25.5 Å². The average Bonchev–Trinajstić information content (AvgIpc) is 3.12. The van der Waals surface area contributed by atoms with Crippen molar-refractivity contribution in [1.29, 1.82) is 0 Å². The Labute approximate surface area is 195 Å². The molecular formula is C23H26BrN5OS. The zero-order valence-electron chi connectivity index (χ0n) is 17.9. The first-order valence-corrected chi connectivity index (χ1v) is 12.0. The third kappa shape index (κ3) is 4.97. The predicted molar refractivity (Wildman–Crippen MR) is 131 cm³/mol. The number of halogens is 1. The van der Waals surface area contributed by atoms with E-state index in [2.05, 4.69) is 57.0 Å². The molecule has 0 bridgehead atoms. The highest BCUT2D eigenvalue weighted by Crippen LogP contribution is 2.38. The highest BCUT2D eigenvalue weighted by atomic mass is 79.9. The molecule has 1 aliphatic heterocycles. The molecule has 1 N–H and O–H groups in total. The smallest absolute Gasteiger partial charge is 0.246 e. The fraction of sp³-hybridized carbons (Fsp3) is 0.348. The summed E-state index contributed by atoms with van der Waals surface area (Å²) in [5, 5.41) is 4.51. The van der Waals surface area contributed by atoms with Crippen LogP contribution in [0, 0.1) is 0 Å². The quantitative estimate of drug-likeness (QED) is 0.484. The average molecular weight is 500 g/mol. The summed E-state index contributed by atoms with van der Waals surface area (Å²) in [6.45, 7) is 6.38. The number of aromatic nitrogens is 2. The van der Waals surface area contributed by atoms with Gasteiger partial charge in [0.25, 0.3) is 0 Å². The van der Waals surface area contributed by atoms with Crippen molar-refractivity contribution in [2.24, 2.45) is 0 Å². The van der Waals surface area contributed by atoms with E-state index in [1.165, 1.54) is 10.4 Å². The van der Waals surface area contributed by atoms with Crippen molar-refractivity contribution in [3.05, 3.63) is 57.7 Å². The van der Waals surface area contributed by atoms with E-state index in [4.69, 9.17) is 0 Å². The van der Waals surface area contributed by atoms with Crippen LogP contribution in [0.25, 0.3) is 10.2 Å². The van der Waals surface area contributed by atoms with E-state index in [0.717, 1.165) is 39.2 Å². The number of carbonyl (C=O) groups is 1. The summed E-state index contributed by atoms with van der Waals surface area (Å²) < 4.78 is 1.01. The number of nitrogens with one attached hydrogen (secondary N) is 1. The third-order valence-corrected chi connectivity index (χ3v) is 7.19. The molecule has 3 aromatic rings. The van der Waals surface area contributed by atoms with Gasteiger partial charge in [0.1, 0.15) is 17.0 Å². The normalized spacial score (nSPS) is 14.1. The van der Waals surface area contributed by atoms with Gasteiger partial charge in [-0.05, 0) is 51.1 Å². The molecule has 3 heterocycles. The largest absolute Gasteiger partial charge is 0.340 e. The molecule has 4 rings (SSSR count). The highest BCUT2D eigenvalue weighted by Gasteiger charge is 2.25. The third-order valence-electron chi connectivity index (χ3n) is 5.57. The zero-order valence-corrected chi connectivity index (χ0v) is 20.3. The predicted octanol–water partition coefficient (Wildman–Crippen LogP) is 4.98. The van der Waals surface area contributed by atoms with Gasteiger partial charge in [0.2, 0.25) is 5.91 Å². The van der Waals surface area contributed by atoms with Gasteiger partial charge in [-0.2, -0.15) is 0 Å². The molecule has 0 spiro atoms. The Hall–Kier alpha value is -2.29. The Kier molecular flexibility index (Phi) is 6.69. The SMILES string of the molecule is CC(C)N(C)C/C=C/C(=O)N1CCc2c(sc3ncnc(Nc4cccc(Br)c4)c23)C1. The van der Waals surface area contributed by atoms with Gasteiger partial charge in [0, 0.05) is 40.2 Å². The van der Waals surface area contributed by atoms with Crippen molar-refractivity contribution < 1.29 is 4.79 Å². The van der Waals surface area contributed by atoms with Crippen LogP contribution in [0.3, 0.4) is 0 Å². The summed E-state index contributed by atoms with van der Waals surface area (Å²) in [6.07, 6.45) is 6.06. The Morgan fingerprint density at radius 2 is 2.23 bits per heavy atom. The van der Waals surface area contributed by atoms with Crippen molar-refractivity contribution in [3.63, 3.8) is 0 Å². The molecule has 8 heteroatoms. The lowest BCUT2D eigenvalue weighted by Gasteiger charge is -2.26. The minimum atomic E-state index is 0.0684. The number of anilines is 2. The number of nitrogens with zero attached hydrogens (tertiary/aromatic N) is 4. The van der Waals surface area contributed by atoms with Gasteiger partial charge < -0.3 is 15.1 Å². The van der Waals surface area contributed by atoms with Gasteiger partial charge in [-0.3, -0.25) is 4.79 Å². The molecule has 1 amide bonds. The summed E-state index contributed by atoms with van der Waals surface area (Å²) in [6, 6.07) is 8.48. The summed E-state index contributed by atoms with van der Waals surface area (Å²) in [5.74, 6) is 0.885. The standard InChI is InChI=1S/C23H26BrN5OS/c1-15(2)28(3)10-5-8-20(30)29-11-9-18-19(13-29)31-23-21(18)22(25-14-26-23)27-17-7-4-6-16(24)12-17/h4-8,12,14-15H,9-11,13H2,1-3H3,(H,25,26,27)/b8-5+. The molecule has 0 atom stereocenters. The number of benzene rings is 1. The molecule has 0 aliphatic carbocycles. The van der Waals surface area contributed by atoms with Crippen LogP contribution in [0.1, 0.15) is 24.3 Å². The lowest BCUT2D eigenvalue weighted by Crippen LogP contribution is -2.34. The first-order valence-electron chi connectivity index (χ1n) is 10.4. The van der Waals surface area contributed by atoms with Crippen LogP contribution >= 0.6 is 27.3 Å². The van der Waals surface area contributed by atoms with Gasteiger partial charge in [-0.1, -0.05) is 28.1 Å². The molecule has 0 unspecified atom stereocenters. The Bertz CT molecular complexity index is 1130. The number of hydrogen-bond donors (Lipinski definition) is 1. The summed E-state index contributed by atoms with van der Waals surface area (Å²) in [7, 11) is 2.06.